The minimum absolute atomic E-state index is 0.0254. The number of ketones is 1. The first-order chi connectivity index (χ1) is 15.0. The fourth-order valence-corrected chi connectivity index (χ4v) is 5.96. The van der Waals surface area contributed by atoms with Crippen LogP contribution in [0, 0.1) is 29.5 Å². The fraction of sp³-hybridized carbons (Fsp3) is 0.440. The maximum absolute atomic E-state index is 13.9. The number of rotatable bonds is 5. The first-order valence-corrected chi connectivity index (χ1v) is 11.4. The Hall–Kier alpha value is -2.40. The van der Waals surface area contributed by atoms with Crippen molar-refractivity contribution in [3.63, 3.8) is 0 Å². The number of hydrogen-bond acceptors (Lipinski definition) is 4. The maximum Gasteiger partial charge on any atom is 0.151 e. The molecule has 160 valence electrons. The quantitative estimate of drug-likeness (QED) is 0.507. The normalized spacial score (nSPS) is 26.2. The van der Waals surface area contributed by atoms with E-state index in [-0.39, 0.29) is 17.5 Å². The Kier molecular flexibility index (Phi) is 5.47. The van der Waals surface area contributed by atoms with E-state index in [1.165, 1.54) is 11.6 Å². The molecule has 0 amide bonds. The van der Waals surface area contributed by atoms with E-state index >= 15 is 0 Å². The molecular weight excluding hydrogens is 413 g/mol. The van der Waals surface area contributed by atoms with Crippen molar-refractivity contribution in [2.75, 3.05) is 0 Å². The average molecular weight is 438 g/mol. The molecule has 31 heavy (non-hydrogen) atoms. The summed E-state index contributed by atoms with van der Waals surface area (Å²) in [7, 11) is 0. The molecule has 2 fully saturated rings. The van der Waals surface area contributed by atoms with Gasteiger partial charge in [-0.05, 0) is 91.3 Å². The van der Waals surface area contributed by atoms with E-state index in [9.17, 15) is 9.18 Å². The number of benzene rings is 1. The summed E-state index contributed by atoms with van der Waals surface area (Å²) in [6.45, 7) is 2.06. The van der Waals surface area contributed by atoms with Crippen molar-refractivity contribution in [3.8, 4) is 0 Å². The summed E-state index contributed by atoms with van der Waals surface area (Å²) in [5.41, 5.74) is 2.76. The third-order valence-electron chi connectivity index (χ3n) is 7.49. The zero-order chi connectivity index (χ0) is 21.5. The largest absolute Gasteiger partial charge is 0.299 e. The lowest BCUT2D eigenvalue weighted by molar-refractivity contribution is -0.123. The van der Waals surface area contributed by atoms with Crippen LogP contribution < -0.4 is 0 Å². The Balaban J connectivity index is 1.24. The Morgan fingerprint density at radius 2 is 1.87 bits per heavy atom. The number of carbonyl (C=O) groups is 1. The maximum atomic E-state index is 13.9. The summed E-state index contributed by atoms with van der Waals surface area (Å²) < 4.78 is 13.9. The third kappa shape index (κ3) is 4.08. The lowest BCUT2D eigenvalue weighted by Gasteiger charge is -2.21. The number of halogens is 2. The predicted octanol–water partition coefficient (Wildman–Crippen LogP) is 5.79. The van der Waals surface area contributed by atoms with Crippen molar-refractivity contribution in [2.24, 2.45) is 23.7 Å². The van der Waals surface area contributed by atoms with Gasteiger partial charge >= 0.3 is 0 Å². The minimum atomic E-state index is -0.210. The highest BCUT2D eigenvalue weighted by atomic mass is 35.5. The lowest BCUT2D eigenvalue weighted by atomic mass is 9.83. The van der Waals surface area contributed by atoms with E-state index in [0.29, 0.717) is 40.9 Å². The predicted molar refractivity (Wildman–Crippen MR) is 118 cm³/mol. The van der Waals surface area contributed by atoms with Gasteiger partial charge in [0.05, 0.1) is 17.6 Å². The van der Waals surface area contributed by atoms with Crippen LogP contribution in [0.4, 0.5) is 4.39 Å². The Labute approximate surface area is 186 Å². The molecule has 0 radical (unpaired) electrons. The smallest absolute Gasteiger partial charge is 0.151 e. The van der Waals surface area contributed by atoms with Crippen LogP contribution in [-0.4, -0.2) is 21.0 Å². The van der Waals surface area contributed by atoms with Crippen LogP contribution in [0.2, 0.25) is 5.15 Å². The average Bonchev–Trinajstić information content (AvgIpc) is 3.33. The first kappa shape index (κ1) is 20.5. The van der Waals surface area contributed by atoms with Crippen LogP contribution in [0.15, 0.2) is 42.6 Å². The summed E-state index contributed by atoms with van der Waals surface area (Å²) in [5, 5.41) is 9.14. The molecule has 6 heteroatoms. The van der Waals surface area contributed by atoms with E-state index in [4.69, 9.17) is 11.6 Å². The van der Waals surface area contributed by atoms with Crippen molar-refractivity contribution in [1.29, 1.82) is 0 Å². The molecule has 2 saturated carbocycles. The van der Waals surface area contributed by atoms with Gasteiger partial charge in [-0.15, -0.1) is 5.10 Å². The number of aromatic nitrogens is 3. The van der Waals surface area contributed by atoms with Gasteiger partial charge in [0.2, 0.25) is 0 Å². The first-order valence-electron chi connectivity index (χ1n) is 11.0. The molecule has 5 atom stereocenters. The van der Waals surface area contributed by atoms with Crippen LogP contribution in [0.3, 0.4) is 0 Å². The molecule has 3 unspecified atom stereocenters. The fourth-order valence-electron chi connectivity index (χ4n) is 5.86. The summed E-state index contributed by atoms with van der Waals surface area (Å²) in [6.07, 6.45) is 6.57. The van der Waals surface area contributed by atoms with Gasteiger partial charge in [-0.3, -0.25) is 9.78 Å². The van der Waals surface area contributed by atoms with Gasteiger partial charge in [0, 0.05) is 17.5 Å². The molecule has 0 saturated heterocycles. The SMILES string of the molecule is CC(C(=O)Cc1ccc(Cl)nn1)C1C[C@H]2CC(c3ccnc4ccc(F)cc34)C[C@H]2C1. The second-order valence-electron chi connectivity index (χ2n) is 9.26. The minimum Gasteiger partial charge on any atom is -0.299 e. The van der Waals surface area contributed by atoms with Gasteiger partial charge in [0.1, 0.15) is 11.6 Å². The second-order valence-corrected chi connectivity index (χ2v) is 9.65. The molecule has 0 spiro atoms. The van der Waals surface area contributed by atoms with Gasteiger partial charge in [0.15, 0.2) is 5.15 Å². The van der Waals surface area contributed by atoms with Crippen LogP contribution in [-0.2, 0) is 11.2 Å². The van der Waals surface area contributed by atoms with E-state index in [2.05, 4.69) is 28.2 Å². The molecular formula is C25H25ClFN3O. The standard InChI is InChI=1S/C25H25ClFN3O/c1-14(24(31)13-20-3-5-25(26)30-29-20)15-8-16-10-18(11-17(16)9-15)21-6-7-28-23-4-2-19(27)12-22(21)23/h2-7,12,14-18H,8-11,13H2,1H3/t14?,15?,16-,17+,18?. The number of nitrogens with zero attached hydrogens (tertiary/aromatic N) is 3. The molecule has 2 aromatic heterocycles. The molecule has 2 aliphatic carbocycles. The molecule has 2 aliphatic rings. The van der Waals surface area contributed by atoms with Crippen molar-refractivity contribution < 1.29 is 9.18 Å². The molecule has 4 nitrogen and oxygen atoms in total. The van der Waals surface area contributed by atoms with E-state index in [0.717, 1.165) is 36.6 Å². The zero-order valence-electron chi connectivity index (χ0n) is 17.5. The molecule has 0 bridgehead atoms. The monoisotopic (exact) mass is 437 g/mol. The van der Waals surface area contributed by atoms with Gasteiger partial charge in [-0.1, -0.05) is 18.5 Å². The number of fused-ring (bicyclic) bond motifs is 2. The Morgan fingerprint density at radius 3 is 2.58 bits per heavy atom. The highest BCUT2D eigenvalue weighted by Crippen LogP contribution is 2.54. The Morgan fingerprint density at radius 1 is 1.10 bits per heavy atom. The highest BCUT2D eigenvalue weighted by molar-refractivity contribution is 6.29. The number of hydrogen-bond donors (Lipinski definition) is 0. The Bertz CT molecular complexity index is 1110. The topological polar surface area (TPSA) is 55.7 Å². The highest BCUT2D eigenvalue weighted by Gasteiger charge is 2.44. The van der Waals surface area contributed by atoms with Crippen molar-refractivity contribution >= 4 is 28.3 Å². The number of carbonyl (C=O) groups excluding carboxylic acids is 1. The van der Waals surface area contributed by atoms with Gasteiger partial charge in [0.25, 0.3) is 0 Å². The molecule has 2 heterocycles. The third-order valence-corrected chi connectivity index (χ3v) is 7.69. The van der Waals surface area contributed by atoms with E-state index in [1.54, 1.807) is 24.3 Å². The summed E-state index contributed by atoms with van der Waals surface area (Å²) in [4.78, 5) is 17.2. The second kappa shape index (κ2) is 8.27. The molecule has 0 aliphatic heterocycles. The zero-order valence-corrected chi connectivity index (χ0v) is 18.2. The van der Waals surface area contributed by atoms with Gasteiger partial charge < -0.3 is 0 Å². The summed E-state index contributed by atoms with van der Waals surface area (Å²) >= 11 is 5.78. The van der Waals surface area contributed by atoms with Gasteiger partial charge in [-0.25, -0.2) is 4.39 Å². The summed E-state index contributed by atoms with van der Waals surface area (Å²) in [5.74, 6) is 2.19. The van der Waals surface area contributed by atoms with Crippen LogP contribution >= 0.6 is 11.6 Å². The van der Waals surface area contributed by atoms with Crippen molar-refractivity contribution in [3.05, 3.63) is 64.8 Å². The summed E-state index contributed by atoms with van der Waals surface area (Å²) in [6, 6.07) is 10.4. The van der Waals surface area contributed by atoms with Crippen LogP contribution in [0.25, 0.3) is 10.9 Å². The number of Topliss-reactive ketones (excluding diaryl/α,β-unsaturated/α-hetero) is 1. The molecule has 1 aromatic carbocycles. The van der Waals surface area contributed by atoms with Crippen molar-refractivity contribution in [1.82, 2.24) is 15.2 Å². The van der Waals surface area contributed by atoms with E-state index < -0.39 is 0 Å². The van der Waals surface area contributed by atoms with Crippen LogP contribution in [0.5, 0.6) is 0 Å². The molecule has 5 rings (SSSR count). The van der Waals surface area contributed by atoms with Gasteiger partial charge in [-0.2, -0.15) is 5.10 Å². The number of pyridine rings is 1. The molecule has 3 aromatic rings. The lowest BCUT2D eigenvalue weighted by Crippen LogP contribution is -2.22. The van der Waals surface area contributed by atoms with Crippen molar-refractivity contribution in [2.45, 2.75) is 44.9 Å². The van der Waals surface area contributed by atoms with E-state index in [1.807, 2.05) is 6.20 Å². The molecule has 0 N–H and O–H groups in total. The van der Waals surface area contributed by atoms with Crippen LogP contribution in [0.1, 0.15) is 49.8 Å².